The number of morpholine rings is 1. The van der Waals surface area contributed by atoms with Crippen molar-refractivity contribution in [1.29, 1.82) is 0 Å². The quantitative estimate of drug-likeness (QED) is 0.720. The van der Waals surface area contributed by atoms with E-state index in [1.54, 1.807) is 0 Å². The molecule has 0 spiro atoms. The van der Waals surface area contributed by atoms with Crippen LogP contribution in [0.3, 0.4) is 0 Å². The highest BCUT2D eigenvalue weighted by molar-refractivity contribution is 5.75. The highest BCUT2D eigenvalue weighted by Gasteiger charge is 2.36. The lowest BCUT2D eigenvalue weighted by molar-refractivity contribution is 0.0405. The first-order valence-corrected chi connectivity index (χ1v) is 6.54. The van der Waals surface area contributed by atoms with Crippen LogP contribution in [0, 0.1) is 0 Å². The maximum atomic E-state index is 12.4. The molecule has 2 aliphatic heterocycles. The minimum Gasteiger partial charge on any atom is -0.391 e. The summed E-state index contributed by atoms with van der Waals surface area (Å²) in [6, 6.07) is 0.159. The molecule has 104 valence electrons. The fourth-order valence-electron chi connectivity index (χ4n) is 2.66. The zero-order chi connectivity index (χ0) is 13.1. The lowest BCUT2D eigenvalue weighted by atomic mass is 10.2. The van der Waals surface area contributed by atoms with E-state index >= 15 is 0 Å². The molecule has 2 fully saturated rings. The smallest absolute Gasteiger partial charge is 0.320 e. The highest BCUT2D eigenvalue weighted by Crippen LogP contribution is 2.20. The van der Waals surface area contributed by atoms with Crippen molar-refractivity contribution >= 4 is 6.03 Å². The summed E-state index contributed by atoms with van der Waals surface area (Å²) in [5.41, 5.74) is 0. The normalized spacial score (nSPS) is 29.1. The van der Waals surface area contributed by atoms with Crippen molar-refractivity contribution in [2.45, 2.75) is 18.6 Å². The third kappa shape index (κ3) is 3.13. The van der Waals surface area contributed by atoms with Crippen LogP contribution in [0.2, 0.25) is 0 Å². The number of carbonyl (C=O) groups is 1. The second-order valence-electron chi connectivity index (χ2n) is 5.34. The number of ether oxygens (including phenoxy) is 1. The van der Waals surface area contributed by atoms with Crippen LogP contribution in [0.5, 0.6) is 0 Å². The molecule has 2 amide bonds. The number of aliphatic hydroxyl groups excluding tert-OH is 1. The number of carbonyl (C=O) groups excluding carboxylic acids is 1. The number of likely N-dealkylation sites (N-methyl/N-ethyl adjacent to an activating group) is 1. The van der Waals surface area contributed by atoms with Crippen LogP contribution in [0.1, 0.15) is 6.42 Å². The number of rotatable bonds is 2. The molecule has 6 heteroatoms. The highest BCUT2D eigenvalue weighted by atomic mass is 16.5. The van der Waals surface area contributed by atoms with Crippen molar-refractivity contribution in [3.8, 4) is 0 Å². The molecule has 0 aromatic carbocycles. The molecule has 18 heavy (non-hydrogen) atoms. The van der Waals surface area contributed by atoms with Crippen LogP contribution < -0.4 is 0 Å². The van der Waals surface area contributed by atoms with Crippen molar-refractivity contribution in [2.75, 3.05) is 53.5 Å². The average Bonchev–Trinajstić information content (AvgIpc) is 2.69. The van der Waals surface area contributed by atoms with Gasteiger partial charge in [0.15, 0.2) is 0 Å². The predicted molar refractivity (Wildman–Crippen MR) is 67.5 cm³/mol. The molecular formula is C12H23N3O3. The summed E-state index contributed by atoms with van der Waals surface area (Å²) in [6.07, 6.45) is 0.286. The number of β-amino-alcohol motifs (C(OH)–C–C–N with tert-alkyl or cyclic N) is 1. The maximum absolute atomic E-state index is 12.4. The van der Waals surface area contributed by atoms with Crippen molar-refractivity contribution in [3.05, 3.63) is 0 Å². The Morgan fingerprint density at radius 3 is 2.67 bits per heavy atom. The first kappa shape index (κ1) is 13.6. The summed E-state index contributed by atoms with van der Waals surface area (Å²) < 4.78 is 5.26. The Bertz CT molecular complexity index is 292. The second-order valence-corrected chi connectivity index (χ2v) is 5.34. The molecule has 2 heterocycles. The number of amides is 2. The van der Waals surface area contributed by atoms with Gasteiger partial charge in [-0.15, -0.1) is 0 Å². The number of hydrogen-bond donors (Lipinski definition) is 1. The van der Waals surface area contributed by atoms with Gasteiger partial charge in [0, 0.05) is 32.2 Å². The predicted octanol–water partition coefficient (Wildman–Crippen LogP) is -0.565. The first-order valence-electron chi connectivity index (χ1n) is 6.54. The van der Waals surface area contributed by atoms with E-state index in [9.17, 15) is 9.90 Å². The molecule has 0 bridgehead atoms. The van der Waals surface area contributed by atoms with Gasteiger partial charge in [0.1, 0.15) is 0 Å². The third-order valence-corrected chi connectivity index (χ3v) is 3.50. The van der Waals surface area contributed by atoms with E-state index in [4.69, 9.17) is 4.74 Å². The topological polar surface area (TPSA) is 56.2 Å². The molecule has 0 radical (unpaired) electrons. The Morgan fingerprint density at radius 1 is 1.39 bits per heavy atom. The first-order chi connectivity index (χ1) is 8.58. The Morgan fingerprint density at radius 2 is 2.06 bits per heavy atom. The van der Waals surface area contributed by atoms with E-state index in [0.717, 1.165) is 6.54 Å². The molecule has 0 aromatic heterocycles. The molecule has 2 saturated heterocycles. The zero-order valence-electron chi connectivity index (χ0n) is 11.2. The monoisotopic (exact) mass is 257 g/mol. The molecule has 2 unspecified atom stereocenters. The molecule has 2 atom stereocenters. The summed E-state index contributed by atoms with van der Waals surface area (Å²) >= 11 is 0. The Labute approximate surface area is 108 Å². The van der Waals surface area contributed by atoms with Crippen molar-refractivity contribution < 1.29 is 14.6 Å². The van der Waals surface area contributed by atoms with Gasteiger partial charge in [-0.1, -0.05) is 0 Å². The lowest BCUT2D eigenvalue weighted by Gasteiger charge is -2.34. The minimum absolute atomic E-state index is 0.0432. The van der Waals surface area contributed by atoms with Crippen molar-refractivity contribution in [1.82, 2.24) is 14.7 Å². The fourth-order valence-corrected chi connectivity index (χ4v) is 2.66. The zero-order valence-corrected chi connectivity index (χ0v) is 11.2. The fraction of sp³-hybridized carbons (Fsp3) is 0.917. The van der Waals surface area contributed by atoms with Crippen LogP contribution in [0.25, 0.3) is 0 Å². The van der Waals surface area contributed by atoms with Gasteiger partial charge in [-0.05, 0) is 20.5 Å². The van der Waals surface area contributed by atoms with Crippen LogP contribution in [0.4, 0.5) is 4.79 Å². The van der Waals surface area contributed by atoms with E-state index in [1.165, 1.54) is 0 Å². The molecule has 0 saturated carbocycles. The summed E-state index contributed by atoms with van der Waals surface area (Å²) in [6.45, 7) is 3.78. The molecule has 0 aromatic rings. The number of hydrogen-bond acceptors (Lipinski definition) is 4. The molecule has 2 aliphatic rings. The number of urea groups is 1. The minimum atomic E-state index is -0.389. The average molecular weight is 257 g/mol. The van der Waals surface area contributed by atoms with Gasteiger partial charge in [0.25, 0.3) is 0 Å². The number of likely N-dealkylation sites (tertiary alicyclic amines) is 1. The lowest BCUT2D eigenvalue weighted by Crippen LogP contribution is -2.51. The third-order valence-electron chi connectivity index (χ3n) is 3.50. The number of aliphatic hydroxyl groups is 1. The summed E-state index contributed by atoms with van der Waals surface area (Å²) in [7, 11) is 3.98. The van der Waals surface area contributed by atoms with Crippen LogP contribution in [0.15, 0.2) is 0 Å². The van der Waals surface area contributed by atoms with E-state index < -0.39 is 0 Å². The van der Waals surface area contributed by atoms with E-state index in [2.05, 4.69) is 4.90 Å². The van der Waals surface area contributed by atoms with Gasteiger partial charge in [-0.2, -0.15) is 0 Å². The van der Waals surface area contributed by atoms with Gasteiger partial charge in [0.2, 0.25) is 0 Å². The Balaban J connectivity index is 1.97. The summed E-state index contributed by atoms with van der Waals surface area (Å²) in [5, 5.41) is 9.77. The van der Waals surface area contributed by atoms with E-state index in [1.807, 2.05) is 23.9 Å². The maximum Gasteiger partial charge on any atom is 0.320 e. The largest absolute Gasteiger partial charge is 0.391 e. The second kappa shape index (κ2) is 5.86. The molecule has 0 aliphatic carbocycles. The molecule has 1 N–H and O–H groups in total. The van der Waals surface area contributed by atoms with Crippen molar-refractivity contribution in [3.63, 3.8) is 0 Å². The molecule has 6 nitrogen and oxygen atoms in total. The van der Waals surface area contributed by atoms with Gasteiger partial charge in [-0.3, -0.25) is 0 Å². The summed E-state index contributed by atoms with van der Waals surface area (Å²) in [4.78, 5) is 18.1. The van der Waals surface area contributed by atoms with E-state index in [0.29, 0.717) is 39.3 Å². The molecular weight excluding hydrogens is 234 g/mol. The van der Waals surface area contributed by atoms with Gasteiger partial charge in [0.05, 0.1) is 19.3 Å². The van der Waals surface area contributed by atoms with E-state index in [-0.39, 0.29) is 18.2 Å². The summed E-state index contributed by atoms with van der Waals surface area (Å²) in [5.74, 6) is 0. The SMILES string of the molecule is CN(C)CC1CC(O)CN1C(=O)N1CCOCC1. The van der Waals surface area contributed by atoms with Gasteiger partial charge >= 0.3 is 6.03 Å². The van der Waals surface area contributed by atoms with Gasteiger partial charge in [-0.25, -0.2) is 4.79 Å². The van der Waals surface area contributed by atoms with Gasteiger partial charge < -0.3 is 24.5 Å². The standard InChI is InChI=1S/C12H23N3O3/c1-13(2)8-10-7-11(16)9-15(10)12(17)14-3-5-18-6-4-14/h10-11,16H,3-9H2,1-2H3. The molecule has 2 rings (SSSR count). The van der Waals surface area contributed by atoms with Crippen LogP contribution in [-0.2, 0) is 4.74 Å². The Hall–Kier alpha value is -0.850. The number of nitrogens with zero attached hydrogens (tertiary/aromatic N) is 3. The van der Waals surface area contributed by atoms with Crippen LogP contribution >= 0.6 is 0 Å². The van der Waals surface area contributed by atoms with Crippen molar-refractivity contribution in [2.24, 2.45) is 0 Å². The van der Waals surface area contributed by atoms with Crippen LogP contribution in [-0.4, -0.2) is 91.5 Å². The Kier molecular flexibility index (Phi) is 4.42.